The van der Waals surface area contributed by atoms with E-state index in [1.807, 2.05) is 0 Å². The zero-order valence-electron chi connectivity index (χ0n) is 38.8. The summed E-state index contributed by atoms with van der Waals surface area (Å²) in [5, 5.41) is 7.64. The van der Waals surface area contributed by atoms with Crippen LogP contribution in [0, 0.1) is 23.7 Å². The lowest BCUT2D eigenvalue weighted by molar-refractivity contribution is 0.0970. The van der Waals surface area contributed by atoms with E-state index in [-0.39, 0.29) is 5.41 Å². The molecule has 2 aromatic heterocycles. The Balaban J connectivity index is 1.01. The number of rotatable bonds is 7. The molecule has 1 fully saturated rings. The predicted molar refractivity (Wildman–Crippen MR) is 284 cm³/mol. The van der Waals surface area contributed by atoms with Crippen molar-refractivity contribution in [1.29, 1.82) is 0 Å². The SMILES string of the molecule is CC(C)C[C@H]1C[C@H](C)C[C@H](C)C12c1ccccc1-n1c3ccccc3c3c(N(c4ccc(-c5ccc(-n6c7ccccc7c7ccccc76)cc5)cc4)c4cccc5ccccc45)ccc2c31. The minimum absolute atomic E-state index is 0.0997. The van der Waals surface area contributed by atoms with Crippen LogP contribution in [0.25, 0.3) is 76.9 Å². The van der Waals surface area contributed by atoms with Crippen molar-refractivity contribution in [2.75, 3.05) is 4.90 Å². The van der Waals surface area contributed by atoms with E-state index in [1.54, 1.807) is 0 Å². The Labute approximate surface area is 393 Å². The molecule has 0 saturated heterocycles. The Bertz CT molecular complexity index is 3640. The molecule has 1 unspecified atom stereocenters. The zero-order chi connectivity index (χ0) is 45.0. The van der Waals surface area contributed by atoms with Crippen molar-refractivity contribution in [1.82, 2.24) is 9.13 Å². The van der Waals surface area contributed by atoms with E-state index < -0.39 is 0 Å². The van der Waals surface area contributed by atoms with Gasteiger partial charge in [0.25, 0.3) is 0 Å². The molecule has 3 nitrogen and oxygen atoms in total. The molecule has 1 aliphatic carbocycles. The Kier molecular flexibility index (Phi) is 9.16. The highest BCUT2D eigenvalue weighted by molar-refractivity contribution is 6.19. The molecule has 1 saturated carbocycles. The summed E-state index contributed by atoms with van der Waals surface area (Å²) in [6.45, 7) is 9.92. The number of nitrogens with zero attached hydrogens (tertiary/aromatic N) is 3. The van der Waals surface area contributed by atoms with Crippen molar-refractivity contribution in [3.63, 3.8) is 0 Å². The van der Waals surface area contributed by atoms with Crippen molar-refractivity contribution in [3.8, 4) is 22.5 Å². The van der Waals surface area contributed by atoms with Gasteiger partial charge in [0.1, 0.15) is 0 Å². The van der Waals surface area contributed by atoms with Crippen molar-refractivity contribution in [3.05, 3.63) is 211 Å². The summed E-state index contributed by atoms with van der Waals surface area (Å²) in [6.07, 6.45) is 3.69. The molecule has 67 heavy (non-hydrogen) atoms. The van der Waals surface area contributed by atoms with Gasteiger partial charge in [-0.15, -0.1) is 0 Å². The summed E-state index contributed by atoms with van der Waals surface area (Å²) in [4.78, 5) is 2.55. The van der Waals surface area contributed by atoms with Crippen molar-refractivity contribution >= 4 is 71.4 Å². The van der Waals surface area contributed by atoms with Crippen LogP contribution in [0.3, 0.4) is 0 Å². The Morgan fingerprint density at radius 2 is 1.09 bits per heavy atom. The van der Waals surface area contributed by atoms with Gasteiger partial charge in [0.2, 0.25) is 0 Å². The van der Waals surface area contributed by atoms with Crippen molar-refractivity contribution in [2.24, 2.45) is 23.7 Å². The van der Waals surface area contributed by atoms with Crippen molar-refractivity contribution in [2.45, 2.75) is 52.4 Å². The largest absolute Gasteiger partial charge is 0.309 e. The monoisotopic (exact) mass is 865 g/mol. The first-order valence-electron chi connectivity index (χ1n) is 24.5. The van der Waals surface area contributed by atoms with Crippen LogP contribution in [-0.2, 0) is 5.41 Å². The summed E-state index contributed by atoms with van der Waals surface area (Å²) in [5.74, 6) is 2.32. The van der Waals surface area contributed by atoms with Gasteiger partial charge in [-0.1, -0.05) is 167 Å². The highest BCUT2D eigenvalue weighted by atomic mass is 15.2. The molecule has 4 atom stereocenters. The smallest absolute Gasteiger partial charge is 0.0603 e. The first-order chi connectivity index (χ1) is 32.9. The summed E-state index contributed by atoms with van der Waals surface area (Å²) in [5.41, 5.74) is 16.4. The van der Waals surface area contributed by atoms with Gasteiger partial charge in [0.15, 0.2) is 0 Å². The molecule has 9 aromatic carbocycles. The number of anilines is 3. The molecular formula is C64H55N3. The second kappa shape index (κ2) is 15.4. The molecule has 0 radical (unpaired) electrons. The second-order valence-corrected chi connectivity index (χ2v) is 20.2. The summed E-state index contributed by atoms with van der Waals surface area (Å²) < 4.78 is 5.02. The fourth-order valence-corrected chi connectivity index (χ4v) is 13.4. The Hall–Kier alpha value is -7.36. The first kappa shape index (κ1) is 40.0. The number of hydrogen-bond donors (Lipinski definition) is 0. The highest BCUT2D eigenvalue weighted by Crippen LogP contribution is 2.62. The van der Waals surface area contributed by atoms with Crippen LogP contribution in [0.2, 0.25) is 0 Å². The third-order valence-corrected chi connectivity index (χ3v) is 15.9. The lowest BCUT2D eigenvalue weighted by Crippen LogP contribution is -2.49. The van der Waals surface area contributed by atoms with Gasteiger partial charge in [-0.05, 0) is 131 Å². The summed E-state index contributed by atoms with van der Waals surface area (Å²) in [7, 11) is 0. The van der Waals surface area contributed by atoms with Crippen LogP contribution >= 0.6 is 0 Å². The van der Waals surface area contributed by atoms with Crippen LogP contribution < -0.4 is 4.90 Å². The summed E-state index contributed by atoms with van der Waals surface area (Å²) in [6, 6.07) is 75.2. The average molecular weight is 866 g/mol. The minimum Gasteiger partial charge on any atom is -0.309 e. The van der Waals surface area contributed by atoms with Gasteiger partial charge >= 0.3 is 0 Å². The number of para-hydroxylation sites is 4. The maximum atomic E-state index is 2.63. The third kappa shape index (κ3) is 5.89. The summed E-state index contributed by atoms with van der Waals surface area (Å²) >= 11 is 0. The fourth-order valence-electron chi connectivity index (χ4n) is 13.4. The molecule has 3 heteroatoms. The van der Waals surface area contributed by atoms with E-state index in [0.29, 0.717) is 23.7 Å². The van der Waals surface area contributed by atoms with Crippen LogP contribution in [0.1, 0.15) is 58.1 Å². The minimum atomic E-state index is -0.0997. The number of hydrogen-bond acceptors (Lipinski definition) is 1. The van der Waals surface area contributed by atoms with Crippen LogP contribution in [0.15, 0.2) is 200 Å². The maximum Gasteiger partial charge on any atom is 0.0603 e. The van der Waals surface area contributed by atoms with Gasteiger partial charge in [-0.3, -0.25) is 0 Å². The van der Waals surface area contributed by atoms with Crippen LogP contribution in [0.4, 0.5) is 17.1 Å². The van der Waals surface area contributed by atoms with E-state index in [0.717, 1.165) is 11.4 Å². The maximum absolute atomic E-state index is 2.63. The third-order valence-electron chi connectivity index (χ3n) is 15.9. The first-order valence-corrected chi connectivity index (χ1v) is 24.5. The van der Waals surface area contributed by atoms with E-state index >= 15 is 0 Å². The quantitative estimate of drug-likeness (QED) is 0.156. The molecule has 2 aliphatic rings. The lowest BCUT2D eigenvalue weighted by Gasteiger charge is -2.54. The zero-order valence-corrected chi connectivity index (χ0v) is 38.8. The molecule has 326 valence electrons. The second-order valence-electron chi connectivity index (χ2n) is 20.2. The molecule has 0 amide bonds. The number of benzene rings is 9. The van der Waals surface area contributed by atoms with E-state index in [1.165, 1.54) is 113 Å². The molecule has 0 N–H and O–H groups in total. The highest BCUT2D eigenvalue weighted by Gasteiger charge is 2.54. The van der Waals surface area contributed by atoms with Crippen LogP contribution in [-0.4, -0.2) is 9.13 Å². The number of aromatic nitrogens is 2. The molecule has 1 aliphatic heterocycles. The van der Waals surface area contributed by atoms with Gasteiger partial charge in [-0.2, -0.15) is 0 Å². The average Bonchev–Trinajstić information content (AvgIpc) is 3.89. The van der Waals surface area contributed by atoms with Gasteiger partial charge in [0.05, 0.1) is 39.1 Å². The Morgan fingerprint density at radius 3 is 1.79 bits per heavy atom. The lowest BCUT2D eigenvalue weighted by atomic mass is 9.50. The Morgan fingerprint density at radius 1 is 0.507 bits per heavy atom. The van der Waals surface area contributed by atoms with Gasteiger partial charge < -0.3 is 14.0 Å². The van der Waals surface area contributed by atoms with Crippen LogP contribution in [0.5, 0.6) is 0 Å². The molecule has 3 heterocycles. The molecule has 1 spiro atoms. The molecular weight excluding hydrogens is 811 g/mol. The normalized spacial score (nSPS) is 19.0. The fraction of sp³-hybridized carbons (Fsp3) is 0.188. The van der Waals surface area contributed by atoms with E-state index in [2.05, 4.69) is 242 Å². The van der Waals surface area contributed by atoms with Crippen molar-refractivity contribution < 1.29 is 0 Å². The molecule has 13 rings (SSSR count). The van der Waals surface area contributed by atoms with E-state index in [4.69, 9.17) is 0 Å². The molecule has 11 aromatic rings. The molecule has 0 bridgehead atoms. The standard InChI is InChI=1S/C64H55N3/c1-41(2)38-47-40-42(3)39-43(4)64(47)54-22-10-14-26-60(54)67-59-25-13-9-21-53(59)62-61(37-36-55(64)63(62)67)66(56-27-15-17-46-16-5-6-18-50(46)56)49-34-30-45(31-35-49)44-28-32-48(33-29-44)65-57-23-11-7-19-51(57)52-20-8-12-24-58(52)65/h5-37,41-43,47H,38-40H2,1-4H3/t42-,43+,47+,64?/m1/s1. The predicted octanol–water partition coefficient (Wildman–Crippen LogP) is 17.5. The number of fused-ring (bicyclic) bond motifs is 11. The van der Waals surface area contributed by atoms with Gasteiger partial charge in [0, 0.05) is 43.7 Å². The van der Waals surface area contributed by atoms with E-state index in [9.17, 15) is 0 Å². The topological polar surface area (TPSA) is 13.1 Å². The van der Waals surface area contributed by atoms with Gasteiger partial charge in [-0.25, -0.2) is 0 Å².